The number of nitrogens with zero attached hydrogens (tertiary/aromatic N) is 3. The fraction of sp³-hybridized carbons (Fsp3) is 0.111. The number of nitriles is 1. The van der Waals surface area contributed by atoms with Gasteiger partial charge < -0.3 is 9.47 Å². The molecular formula is C18H13N3O4S. The minimum absolute atomic E-state index is 0.149. The summed E-state index contributed by atoms with van der Waals surface area (Å²) in [5.41, 5.74) is 0.587. The van der Waals surface area contributed by atoms with E-state index in [1.807, 2.05) is 6.07 Å². The van der Waals surface area contributed by atoms with Crippen LogP contribution in [-0.2, 0) is 16.1 Å². The van der Waals surface area contributed by atoms with E-state index in [2.05, 4.69) is 4.98 Å². The van der Waals surface area contributed by atoms with Gasteiger partial charge in [0.25, 0.3) is 5.56 Å². The molecule has 3 rings (SSSR count). The van der Waals surface area contributed by atoms with Crippen molar-refractivity contribution < 1.29 is 14.3 Å². The van der Waals surface area contributed by atoms with Crippen molar-refractivity contribution in [2.45, 2.75) is 6.61 Å². The molecule has 0 spiro atoms. The van der Waals surface area contributed by atoms with E-state index in [-0.39, 0.29) is 17.7 Å². The molecule has 26 heavy (non-hydrogen) atoms. The van der Waals surface area contributed by atoms with Gasteiger partial charge in [0, 0.05) is 17.6 Å². The number of thiazole rings is 1. The first kappa shape index (κ1) is 17.4. The monoisotopic (exact) mass is 367 g/mol. The summed E-state index contributed by atoms with van der Waals surface area (Å²) in [6.45, 7) is -0.190. The van der Waals surface area contributed by atoms with Crippen molar-refractivity contribution in [3.05, 3.63) is 69.1 Å². The molecule has 0 atom stereocenters. The molecule has 0 saturated heterocycles. The minimum atomic E-state index is -0.781. The molecule has 0 amide bonds. The first-order chi connectivity index (χ1) is 12.6. The second-order valence-corrected chi connectivity index (χ2v) is 6.03. The van der Waals surface area contributed by atoms with Crippen LogP contribution in [0.3, 0.4) is 0 Å². The summed E-state index contributed by atoms with van der Waals surface area (Å²) in [6, 6.07) is 10.0. The molecular weight excluding hydrogens is 354 g/mol. The first-order valence-corrected chi connectivity index (χ1v) is 8.37. The maximum atomic E-state index is 12.1. The summed E-state index contributed by atoms with van der Waals surface area (Å²) in [5.74, 6) is -0.110. The molecule has 0 aliphatic rings. The van der Waals surface area contributed by atoms with Crippen molar-refractivity contribution in [1.82, 2.24) is 9.38 Å². The normalized spacial score (nSPS) is 11.2. The van der Waals surface area contributed by atoms with Gasteiger partial charge in [-0.05, 0) is 23.8 Å². The molecule has 2 aromatic heterocycles. The number of benzene rings is 1. The lowest BCUT2D eigenvalue weighted by molar-refractivity contribution is -0.139. The van der Waals surface area contributed by atoms with Gasteiger partial charge in [0.05, 0.1) is 12.8 Å². The third-order valence-corrected chi connectivity index (χ3v) is 4.23. The summed E-state index contributed by atoms with van der Waals surface area (Å²) in [5, 5.41) is 10.9. The highest BCUT2D eigenvalue weighted by Gasteiger charge is 2.12. The maximum Gasteiger partial charge on any atom is 0.349 e. The van der Waals surface area contributed by atoms with Crippen LogP contribution >= 0.6 is 11.3 Å². The summed E-state index contributed by atoms with van der Waals surface area (Å²) in [6.07, 6.45) is 3.04. The Morgan fingerprint density at radius 3 is 2.85 bits per heavy atom. The molecule has 0 radical (unpaired) electrons. The van der Waals surface area contributed by atoms with Crippen LogP contribution in [0.5, 0.6) is 5.75 Å². The second kappa shape index (κ2) is 7.63. The molecule has 1 aromatic carbocycles. The summed E-state index contributed by atoms with van der Waals surface area (Å²) in [7, 11) is 1.55. The predicted molar refractivity (Wildman–Crippen MR) is 95.7 cm³/mol. The summed E-state index contributed by atoms with van der Waals surface area (Å²) < 4.78 is 11.6. The highest BCUT2D eigenvalue weighted by Crippen LogP contribution is 2.15. The average molecular weight is 367 g/mol. The number of esters is 1. The van der Waals surface area contributed by atoms with E-state index < -0.39 is 5.97 Å². The van der Waals surface area contributed by atoms with Gasteiger partial charge in [-0.1, -0.05) is 12.1 Å². The van der Waals surface area contributed by atoms with Crippen molar-refractivity contribution in [3.8, 4) is 11.8 Å². The van der Waals surface area contributed by atoms with Gasteiger partial charge in [0.15, 0.2) is 4.96 Å². The van der Waals surface area contributed by atoms with Crippen LogP contribution in [0.15, 0.2) is 52.3 Å². The number of carbonyl (C=O) groups is 1. The zero-order valence-corrected chi connectivity index (χ0v) is 14.5. The van der Waals surface area contributed by atoms with Crippen molar-refractivity contribution in [2.75, 3.05) is 7.11 Å². The smallest absolute Gasteiger partial charge is 0.349 e. The number of ether oxygens (including phenoxy) is 2. The zero-order valence-electron chi connectivity index (χ0n) is 13.7. The fourth-order valence-electron chi connectivity index (χ4n) is 2.18. The number of aromatic nitrogens is 2. The highest BCUT2D eigenvalue weighted by molar-refractivity contribution is 7.15. The van der Waals surface area contributed by atoms with Crippen LogP contribution in [0, 0.1) is 11.3 Å². The lowest BCUT2D eigenvalue weighted by atomic mass is 10.1. The van der Waals surface area contributed by atoms with Crippen LogP contribution in [0.2, 0.25) is 0 Å². The quantitative estimate of drug-likeness (QED) is 0.390. The van der Waals surface area contributed by atoms with Crippen LogP contribution in [0.25, 0.3) is 11.0 Å². The first-order valence-electron chi connectivity index (χ1n) is 7.49. The highest BCUT2D eigenvalue weighted by atomic mass is 32.1. The topological polar surface area (TPSA) is 93.7 Å². The van der Waals surface area contributed by atoms with Crippen molar-refractivity contribution in [2.24, 2.45) is 0 Å². The van der Waals surface area contributed by atoms with Gasteiger partial charge in [-0.25, -0.2) is 9.78 Å². The molecule has 0 aliphatic carbocycles. The lowest BCUT2D eigenvalue weighted by Crippen LogP contribution is -2.15. The van der Waals surface area contributed by atoms with Crippen molar-refractivity contribution in [1.29, 1.82) is 5.26 Å². The SMILES string of the molecule is COc1ccc(/C=C(\C#N)C(=O)OCc2cc(=O)n3ccsc3n2)cc1. The van der Waals surface area contributed by atoms with Gasteiger partial charge in [0.2, 0.25) is 0 Å². The Labute approximate surface area is 152 Å². The number of hydrogen-bond donors (Lipinski definition) is 0. The van der Waals surface area contributed by atoms with Crippen molar-refractivity contribution in [3.63, 3.8) is 0 Å². The van der Waals surface area contributed by atoms with Gasteiger partial charge in [0.1, 0.15) is 24.0 Å². The lowest BCUT2D eigenvalue weighted by Gasteiger charge is -2.04. The zero-order chi connectivity index (χ0) is 18.5. The molecule has 2 heterocycles. The number of carbonyl (C=O) groups excluding carboxylic acids is 1. The second-order valence-electron chi connectivity index (χ2n) is 5.16. The summed E-state index contributed by atoms with van der Waals surface area (Å²) in [4.78, 5) is 28.8. The van der Waals surface area contributed by atoms with Crippen LogP contribution < -0.4 is 10.3 Å². The maximum absolute atomic E-state index is 12.1. The van der Waals surface area contributed by atoms with Crippen molar-refractivity contribution >= 4 is 28.3 Å². The van der Waals surface area contributed by atoms with Gasteiger partial charge in [-0.3, -0.25) is 9.20 Å². The van der Waals surface area contributed by atoms with Crippen LogP contribution in [0.4, 0.5) is 0 Å². The fourth-order valence-corrected chi connectivity index (χ4v) is 2.92. The molecule has 130 valence electrons. The van der Waals surface area contributed by atoms with E-state index in [0.717, 1.165) is 0 Å². The Kier molecular flexibility index (Phi) is 5.10. The van der Waals surface area contributed by atoms with E-state index in [4.69, 9.17) is 9.47 Å². The van der Waals surface area contributed by atoms with E-state index in [0.29, 0.717) is 22.0 Å². The number of fused-ring (bicyclic) bond motifs is 1. The number of methoxy groups -OCH3 is 1. The molecule has 0 saturated carbocycles. The molecule has 0 fully saturated rings. The standard InChI is InChI=1S/C18H13N3O4S/c1-24-15-4-2-12(3-5-15)8-13(10-19)17(23)25-11-14-9-16(22)21-6-7-26-18(21)20-14/h2-9H,11H2,1H3/b13-8+. The largest absolute Gasteiger partial charge is 0.497 e. The Balaban J connectivity index is 1.73. The van der Waals surface area contributed by atoms with Gasteiger partial charge in [-0.2, -0.15) is 5.26 Å². The van der Waals surface area contributed by atoms with E-state index in [1.54, 1.807) is 43.0 Å². The van der Waals surface area contributed by atoms with Crippen LogP contribution in [0.1, 0.15) is 11.3 Å². The molecule has 0 unspecified atom stereocenters. The predicted octanol–water partition coefficient (Wildman–Crippen LogP) is 2.41. The number of hydrogen-bond acceptors (Lipinski definition) is 7. The van der Waals surface area contributed by atoms with Gasteiger partial charge in [-0.15, -0.1) is 11.3 Å². The molecule has 7 nitrogen and oxygen atoms in total. The Morgan fingerprint density at radius 1 is 1.38 bits per heavy atom. The molecule has 8 heteroatoms. The molecule has 3 aromatic rings. The Bertz CT molecular complexity index is 1070. The molecule has 0 aliphatic heterocycles. The molecule has 0 bridgehead atoms. The third-order valence-electron chi connectivity index (χ3n) is 3.47. The minimum Gasteiger partial charge on any atom is -0.497 e. The Hall–Kier alpha value is -3.44. The van der Waals surface area contributed by atoms with E-state index in [1.165, 1.54) is 27.9 Å². The third kappa shape index (κ3) is 3.79. The summed E-state index contributed by atoms with van der Waals surface area (Å²) >= 11 is 1.30. The Morgan fingerprint density at radius 2 is 2.15 bits per heavy atom. The average Bonchev–Trinajstić information content (AvgIpc) is 3.14. The van der Waals surface area contributed by atoms with Gasteiger partial charge >= 0.3 is 5.97 Å². The molecule has 0 N–H and O–H groups in total. The van der Waals surface area contributed by atoms with E-state index >= 15 is 0 Å². The van der Waals surface area contributed by atoms with Crippen LogP contribution in [-0.4, -0.2) is 22.5 Å². The number of rotatable bonds is 5. The van der Waals surface area contributed by atoms with E-state index in [9.17, 15) is 14.9 Å².